The minimum absolute atomic E-state index is 0.0369. The summed E-state index contributed by atoms with van der Waals surface area (Å²) in [4.78, 5) is 4.58. The zero-order valence-electron chi connectivity index (χ0n) is 15.5. The number of anilines is 2. The highest BCUT2D eigenvalue weighted by molar-refractivity contribution is 14.2. The Morgan fingerprint density at radius 2 is 2.00 bits per heavy atom. The summed E-state index contributed by atoms with van der Waals surface area (Å²) in [6.45, 7) is 0.541. The van der Waals surface area contributed by atoms with E-state index in [1.807, 2.05) is 4.67 Å². The average molecular weight is 576 g/mol. The third-order valence-corrected chi connectivity index (χ3v) is 7.61. The van der Waals surface area contributed by atoms with Gasteiger partial charge in [-0.15, -0.1) is 0 Å². The molecule has 0 aliphatic carbocycles. The van der Waals surface area contributed by atoms with Gasteiger partial charge in [-0.1, -0.05) is 23.4 Å². The molecule has 2 aromatic rings. The van der Waals surface area contributed by atoms with E-state index in [9.17, 15) is 8.78 Å². The lowest BCUT2D eigenvalue weighted by Crippen LogP contribution is -2.30. The minimum atomic E-state index is -0.682. The fraction of sp³-hybridized carbons (Fsp3) is 0.353. The first kappa shape index (κ1) is 23.0. The number of ether oxygens (including phenoxy) is 3. The molecule has 1 aliphatic heterocycles. The largest absolute Gasteiger partial charge is 0.491 e. The maximum absolute atomic E-state index is 14.4. The summed E-state index contributed by atoms with van der Waals surface area (Å²) in [6, 6.07) is 4.07. The van der Waals surface area contributed by atoms with Gasteiger partial charge in [-0.25, -0.2) is 13.8 Å². The summed E-state index contributed by atoms with van der Waals surface area (Å²) < 4.78 is 46.3. The SMILES string of the molecule is COCCOc1cc(F)c(CSc2nc3c(cc2Cl)NC(OC)N3PI)c(F)c1. The van der Waals surface area contributed by atoms with Crippen molar-refractivity contribution >= 4 is 63.3 Å². The second-order valence-corrected chi connectivity index (χ2v) is 9.30. The fourth-order valence-corrected chi connectivity index (χ4v) is 5.77. The Hall–Kier alpha value is -0.650. The Balaban J connectivity index is 1.75. The highest BCUT2D eigenvalue weighted by atomic mass is 127. The van der Waals surface area contributed by atoms with Gasteiger partial charge in [0.1, 0.15) is 29.0 Å². The Kier molecular flexibility index (Phi) is 8.41. The number of fused-ring (bicyclic) bond motifs is 1. The molecule has 12 heteroatoms. The Morgan fingerprint density at radius 3 is 2.62 bits per heavy atom. The maximum atomic E-state index is 14.4. The van der Waals surface area contributed by atoms with E-state index < -0.39 is 11.6 Å². The van der Waals surface area contributed by atoms with Crippen LogP contribution in [0.4, 0.5) is 20.3 Å². The van der Waals surface area contributed by atoms with Gasteiger partial charge >= 0.3 is 0 Å². The van der Waals surface area contributed by atoms with Crippen LogP contribution in [0.25, 0.3) is 0 Å². The molecule has 158 valence electrons. The number of rotatable bonds is 9. The summed E-state index contributed by atoms with van der Waals surface area (Å²) in [5, 5.41) is 4.07. The number of pyridine rings is 1. The number of hydrogen-bond donors (Lipinski definition) is 1. The fourth-order valence-electron chi connectivity index (χ4n) is 2.60. The minimum Gasteiger partial charge on any atom is -0.491 e. The quantitative estimate of drug-likeness (QED) is 0.185. The van der Waals surface area contributed by atoms with Crippen LogP contribution < -0.4 is 14.7 Å². The van der Waals surface area contributed by atoms with E-state index >= 15 is 0 Å². The highest BCUT2D eigenvalue weighted by Crippen LogP contribution is 2.46. The van der Waals surface area contributed by atoms with Crippen LogP contribution in [0.5, 0.6) is 5.75 Å². The third kappa shape index (κ3) is 5.34. The number of aromatic nitrogens is 1. The Morgan fingerprint density at radius 1 is 1.28 bits per heavy atom. The van der Waals surface area contributed by atoms with Gasteiger partial charge in [0.15, 0.2) is 5.82 Å². The first-order chi connectivity index (χ1) is 14.0. The van der Waals surface area contributed by atoms with Gasteiger partial charge in [0, 0.05) is 44.0 Å². The van der Waals surface area contributed by atoms with Crippen molar-refractivity contribution in [3.63, 3.8) is 0 Å². The summed E-state index contributed by atoms with van der Waals surface area (Å²) in [5.41, 5.74) is 0.693. The van der Waals surface area contributed by atoms with Gasteiger partial charge < -0.3 is 19.5 Å². The number of nitrogens with zero attached hydrogens (tertiary/aromatic N) is 2. The molecule has 1 aromatic carbocycles. The van der Waals surface area contributed by atoms with Crippen molar-refractivity contribution in [3.05, 3.63) is 40.4 Å². The van der Waals surface area contributed by atoms with Crippen LogP contribution in [0.15, 0.2) is 23.2 Å². The molecule has 2 unspecified atom stereocenters. The molecule has 0 saturated carbocycles. The summed E-state index contributed by atoms with van der Waals surface area (Å²) in [6.07, 6.45) is 0.0566. The zero-order chi connectivity index (χ0) is 21.0. The van der Waals surface area contributed by atoms with Crippen LogP contribution in [0.1, 0.15) is 5.56 Å². The molecule has 0 bridgehead atoms. The molecule has 2 heterocycles. The number of benzene rings is 1. The predicted molar refractivity (Wildman–Crippen MR) is 122 cm³/mol. The Labute approximate surface area is 191 Å². The predicted octanol–water partition coefficient (Wildman–Crippen LogP) is 5.44. The molecule has 0 fully saturated rings. The molecule has 29 heavy (non-hydrogen) atoms. The van der Waals surface area contributed by atoms with Crippen molar-refractivity contribution in [1.29, 1.82) is 0 Å². The summed E-state index contributed by atoms with van der Waals surface area (Å²) >= 11 is 9.73. The van der Waals surface area contributed by atoms with E-state index in [1.165, 1.54) is 19.2 Å². The lowest BCUT2D eigenvalue weighted by atomic mass is 10.2. The van der Waals surface area contributed by atoms with Crippen LogP contribution in [-0.2, 0) is 15.2 Å². The van der Waals surface area contributed by atoms with Gasteiger partial charge in [0.05, 0.1) is 17.3 Å². The van der Waals surface area contributed by atoms with Crippen LogP contribution in [0.2, 0.25) is 5.02 Å². The molecule has 0 saturated heterocycles. The third-order valence-electron chi connectivity index (χ3n) is 4.00. The van der Waals surface area contributed by atoms with Crippen LogP contribution in [-0.4, -0.2) is 38.8 Å². The van der Waals surface area contributed by atoms with Gasteiger partial charge in [-0.05, 0) is 28.1 Å². The van der Waals surface area contributed by atoms with Crippen molar-refractivity contribution < 1.29 is 23.0 Å². The van der Waals surface area contributed by atoms with E-state index in [1.54, 1.807) is 13.2 Å². The number of halogens is 4. The van der Waals surface area contributed by atoms with E-state index in [2.05, 4.69) is 32.3 Å². The lowest BCUT2D eigenvalue weighted by Gasteiger charge is -2.21. The molecular weight excluding hydrogens is 558 g/mol. The highest BCUT2D eigenvalue weighted by Gasteiger charge is 2.31. The smallest absolute Gasteiger partial charge is 0.212 e. The molecule has 6 nitrogen and oxygen atoms in total. The second kappa shape index (κ2) is 10.6. The second-order valence-electron chi connectivity index (χ2n) is 5.83. The first-order valence-corrected chi connectivity index (χ1v) is 13.8. The molecule has 3 rings (SSSR count). The molecule has 0 amide bonds. The zero-order valence-corrected chi connectivity index (χ0v) is 20.2. The number of thioether (sulfide) groups is 1. The van der Waals surface area contributed by atoms with E-state index in [0.29, 0.717) is 28.8 Å². The van der Waals surface area contributed by atoms with Crippen LogP contribution >= 0.6 is 51.8 Å². The molecule has 1 aromatic heterocycles. The standard InChI is InChI=1S/C17H18ClF2IN3O3PS/c1-25-3-4-27-9-5-12(19)10(13(20)6-9)8-29-16-11(18)7-14-15(23-16)24(28-21)17(22-14)26-2/h5-7,17,22,28H,3-4,8H2,1-2H3. The normalized spacial score (nSPS) is 15.8. The molecule has 0 spiro atoms. The van der Waals surface area contributed by atoms with Gasteiger partial charge in [-0.3, -0.25) is 4.67 Å². The van der Waals surface area contributed by atoms with Gasteiger partial charge in [0.2, 0.25) is 6.35 Å². The molecule has 2 atom stereocenters. The maximum Gasteiger partial charge on any atom is 0.212 e. The van der Waals surface area contributed by atoms with Crippen molar-refractivity contribution in [2.75, 3.05) is 37.4 Å². The van der Waals surface area contributed by atoms with E-state index in [4.69, 9.17) is 25.8 Å². The van der Waals surface area contributed by atoms with Gasteiger partial charge in [0.25, 0.3) is 0 Å². The van der Waals surface area contributed by atoms with Gasteiger partial charge in [-0.2, -0.15) is 0 Å². The molecule has 1 aliphatic rings. The van der Waals surface area contributed by atoms with Crippen molar-refractivity contribution in [2.24, 2.45) is 0 Å². The number of nitrogens with one attached hydrogen (secondary N) is 1. The van der Waals surface area contributed by atoms with E-state index in [-0.39, 0.29) is 30.0 Å². The molecule has 1 N–H and O–H groups in total. The molecule has 0 radical (unpaired) electrons. The van der Waals surface area contributed by atoms with E-state index in [0.717, 1.165) is 17.4 Å². The topological polar surface area (TPSA) is 55.9 Å². The molecular formula is C17H18ClF2IN3O3PS. The van der Waals surface area contributed by atoms with Crippen molar-refractivity contribution in [1.82, 2.24) is 4.98 Å². The van der Waals surface area contributed by atoms with Crippen molar-refractivity contribution in [2.45, 2.75) is 17.1 Å². The van der Waals surface area contributed by atoms with Crippen molar-refractivity contribution in [3.8, 4) is 5.75 Å². The van der Waals surface area contributed by atoms with Crippen LogP contribution in [0, 0.1) is 11.6 Å². The lowest BCUT2D eigenvalue weighted by molar-refractivity contribution is 0.140. The first-order valence-electron chi connectivity index (χ1n) is 8.36. The number of hydrogen-bond acceptors (Lipinski definition) is 7. The summed E-state index contributed by atoms with van der Waals surface area (Å²) in [7, 11) is 3.12. The number of methoxy groups -OCH3 is 2. The average Bonchev–Trinajstić information content (AvgIpc) is 3.03. The van der Waals surface area contributed by atoms with Crippen LogP contribution in [0.3, 0.4) is 0 Å². The monoisotopic (exact) mass is 575 g/mol. The summed E-state index contributed by atoms with van der Waals surface area (Å²) in [5.74, 6) is -0.513. The Bertz CT molecular complexity index is 863.